The predicted octanol–water partition coefficient (Wildman–Crippen LogP) is 29.4. The van der Waals surface area contributed by atoms with Crippen LogP contribution in [0, 0.1) is 46.4 Å². The van der Waals surface area contributed by atoms with Crippen LogP contribution >= 0.6 is 86.0 Å². The van der Waals surface area contributed by atoms with Crippen LogP contribution in [-0.4, -0.2) is 59.0 Å². The Morgan fingerprint density at radius 2 is 0.456 bits per heavy atom. The number of rotatable bonds is 19. The first-order valence-electron chi connectivity index (χ1n) is 46.4. The summed E-state index contributed by atoms with van der Waals surface area (Å²) in [6, 6.07) is 174. The molecular formula is C123H142AgClI2N9O6P4Si+2. The second kappa shape index (κ2) is 67.9. The van der Waals surface area contributed by atoms with E-state index in [2.05, 4.69) is 546 Å². The Labute approximate surface area is 927 Å². The van der Waals surface area contributed by atoms with Crippen LogP contribution < -0.4 is 85.3 Å². The summed E-state index contributed by atoms with van der Waals surface area (Å²) >= 11 is 10.2. The van der Waals surface area contributed by atoms with Crippen molar-refractivity contribution in [3.8, 4) is 0 Å². The molecule has 0 saturated carbocycles. The van der Waals surface area contributed by atoms with Gasteiger partial charge in [0.25, 0.3) is 5.09 Å². The Morgan fingerprint density at radius 1 is 0.299 bits per heavy atom. The fraction of sp³-hybridized carbons (Fsp3) is 0.171. The molecule has 24 heteroatoms. The van der Waals surface area contributed by atoms with Crippen molar-refractivity contribution in [2.24, 2.45) is 20.7 Å². The second-order valence-corrected chi connectivity index (χ2v) is 56.0. The molecule has 3 N–H and O–H groups in total. The number of halogens is 3. The number of nitrogen functional groups attached to an aromatic ring is 1. The SMILES string of the molecule is C.C.C.C.C.C.C[Si](C)(C)Cl.Cc1ccc([P+](c2ccccc2)(c2ccccc2)c2ccccc2)cc1.Cc1ccc([P+](c2ccccc2)(c2ccccc2)c2ccccc2)cc1.Ic1ccc(N=NN2CCCCC2)cc1.Nc1ccc(I)cc1.O=[N+]([O-])O.O=[N+]([O-])[O-].[Ag].c1ccc(P(c2ccccc2)c2ccccc2)cc1.c1ccc([P+](c2ccccc2)(c2ccccc2)c2ccc(N=NN3CCCCC3)cc2)cc1. The molecule has 0 spiro atoms. The first-order chi connectivity index (χ1) is 68.0. The molecule has 0 unspecified atom stereocenters. The number of hydrogen-bond donors (Lipinski definition) is 2. The van der Waals surface area contributed by atoms with Crippen molar-refractivity contribution in [2.45, 2.75) is 117 Å². The maximum atomic E-state index is 8.36. The second-order valence-electron chi connectivity index (χ2n) is 33.5. The molecule has 1 radical (unpaired) electrons. The van der Waals surface area contributed by atoms with Crippen LogP contribution in [-0.2, 0) is 22.4 Å². The Morgan fingerprint density at radius 3 is 0.639 bits per heavy atom. The van der Waals surface area contributed by atoms with Gasteiger partial charge in [-0.2, -0.15) is 11.1 Å². The first-order valence-corrected chi connectivity index (χ1v) is 59.7. The van der Waals surface area contributed by atoms with E-state index in [9.17, 15) is 0 Å². The van der Waals surface area contributed by atoms with E-state index in [0.717, 1.165) is 43.2 Å². The van der Waals surface area contributed by atoms with E-state index in [0.29, 0.717) is 0 Å². The molecule has 17 aromatic rings. The van der Waals surface area contributed by atoms with E-state index in [1.165, 1.54) is 136 Å². The van der Waals surface area contributed by atoms with Gasteiger partial charge in [-0.25, -0.2) is 0 Å². The zero-order chi connectivity index (χ0) is 99.1. The summed E-state index contributed by atoms with van der Waals surface area (Å²) in [6.07, 6.45) is 7.52. The summed E-state index contributed by atoms with van der Waals surface area (Å²) in [5.74, 6) is 0. The van der Waals surface area contributed by atoms with Crippen molar-refractivity contribution in [1.82, 2.24) is 10.0 Å². The molecule has 0 aromatic heterocycles. The molecule has 17 aromatic carbocycles. The number of aryl methyl sites for hydroxylation is 2. The van der Waals surface area contributed by atoms with Crippen molar-refractivity contribution < 1.29 is 37.8 Å². The minimum atomic E-state index is -2.05. The van der Waals surface area contributed by atoms with Gasteiger partial charge in [0.15, 0.2) is 0 Å². The van der Waals surface area contributed by atoms with Crippen molar-refractivity contribution in [3.05, 3.63) is 529 Å². The monoisotopic (exact) mass is 2390 g/mol. The number of nitrogens with two attached hydrogens (primary N) is 1. The first kappa shape index (κ1) is 127. The molecule has 769 valence electrons. The van der Waals surface area contributed by atoms with Gasteiger partial charge < -0.3 is 26.3 Å². The van der Waals surface area contributed by atoms with Crippen LogP contribution in [0.1, 0.15) is 94.2 Å². The van der Waals surface area contributed by atoms with Gasteiger partial charge in [-0.05, 0) is 328 Å². The van der Waals surface area contributed by atoms with Gasteiger partial charge in [-0.15, -0.1) is 20.3 Å². The molecule has 0 bridgehead atoms. The molecule has 2 aliphatic heterocycles. The van der Waals surface area contributed by atoms with Crippen molar-refractivity contribution in [2.75, 3.05) is 31.9 Å². The molecule has 19 rings (SSSR count). The van der Waals surface area contributed by atoms with Gasteiger partial charge in [-0.3, -0.25) is 10.0 Å². The molecule has 0 aliphatic carbocycles. The third-order valence-corrected chi connectivity index (χ3v) is 39.1. The standard InChI is InChI=1S/C29H29N3P.2C25H22P.C18H15P.C11H14IN3.C6H6IN.C3H9ClSi.6CH4.Ag.HNO3.NO3/c1-5-13-26(14-6-1)33(27-15-7-2-8-16-27,28-17-9-3-10-18-28)29-21-19-25(20-22-29)30-31-32-23-11-4-12-24-32;2*1-21-17-19-25(20-18-21)26(22-11-5-2-6-12-22,23-13-7-3-8-14-23)24-15-9-4-10-16-24;1-4-10-16(11-5-1)19(17-12-6-2-7-13-17)18-14-8-3-9-15-18;12-10-4-6-11(7-5-10)13-14-15-8-2-1-3-9-15;7-5-1-3-6(8)4-2-5;1-5(2,3)4;;;;;;;;2*2-1(3)4/h1-3,5-10,13-22H,4,11-12,23-24H2;2*2-20H,1H3;1-15H;4-7H,1-3,8-9H2;1-4H,8H2;1-3H3;6*1H4;;(H,2,3,4);/q3*+1;;;;;;;;;;;;;-1. The van der Waals surface area contributed by atoms with Gasteiger partial charge >= 0.3 is 0 Å². The molecule has 0 atom stereocenters. The topological polar surface area (TPSA) is 212 Å². The maximum Gasteiger partial charge on any atom is 0.291 e. The predicted molar refractivity (Wildman–Crippen MR) is 660 cm³/mol. The fourth-order valence-electron chi connectivity index (χ4n) is 16.1. The largest absolute Gasteiger partial charge is 0.399 e. The zero-order valence-electron chi connectivity index (χ0n) is 79.6. The van der Waals surface area contributed by atoms with E-state index in [-0.39, 0.29) is 66.9 Å². The minimum absolute atomic E-state index is 0. The molecule has 0 amide bonds. The summed E-state index contributed by atoms with van der Waals surface area (Å²) in [5, 5.41) is 70.7. The zero-order valence-corrected chi connectivity index (χ0v) is 90.8. The average Bonchev–Trinajstić information content (AvgIpc) is 0.744. The number of hydrogen-bond acceptors (Lipinski definition) is 10. The van der Waals surface area contributed by atoms with Crippen molar-refractivity contribution >= 4 is 190 Å². The van der Waals surface area contributed by atoms with Crippen LogP contribution in [0.4, 0.5) is 17.1 Å². The summed E-state index contributed by atoms with van der Waals surface area (Å²) in [5.41, 5.74) is 10.7. The molecule has 15 nitrogen and oxygen atoms in total. The van der Waals surface area contributed by atoms with Crippen LogP contribution in [0.5, 0.6) is 0 Å². The molecule has 2 fully saturated rings. The number of benzene rings is 17. The van der Waals surface area contributed by atoms with Crippen LogP contribution in [0.3, 0.4) is 0 Å². The summed E-state index contributed by atoms with van der Waals surface area (Å²) in [6.45, 7) is 14.7. The van der Waals surface area contributed by atoms with E-state index < -0.39 is 47.3 Å². The van der Waals surface area contributed by atoms with E-state index >= 15 is 0 Å². The third-order valence-electron chi connectivity index (χ3n) is 22.3. The molecule has 2 heterocycles. The average molecular weight is 2390 g/mol. The summed E-state index contributed by atoms with van der Waals surface area (Å²) in [7, 11) is -7.49. The van der Waals surface area contributed by atoms with Crippen molar-refractivity contribution in [3.63, 3.8) is 0 Å². The number of nitrogens with zero attached hydrogens (tertiary/aromatic N) is 8. The van der Waals surface area contributed by atoms with E-state index in [1.54, 1.807) is 0 Å². The van der Waals surface area contributed by atoms with Crippen molar-refractivity contribution in [1.29, 1.82) is 0 Å². The minimum Gasteiger partial charge on any atom is -0.399 e. The van der Waals surface area contributed by atoms with E-state index in [1.807, 2.05) is 48.5 Å². The normalized spacial score (nSPS) is 11.6. The van der Waals surface area contributed by atoms with Gasteiger partial charge in [0.05, 0.1) is 16.5 Å². The van der Waals surface area contributed by atoms with E-state index in [4.69, 9.17) is 47.5 Å². The molecule has 2 saturated heterocycles. The maximum absolute atomic E-state index is 8.36. The molecule has 2 aliphatic rings. The Bertz CT molecular complexity index is 5890. The number of piperidine rings is 2. The Hall–Kier alpha value is -11.8. The summed E-state index contributed by atoms with van der Waals surface area (Å²) in [4.78, 5) is 16.6. The molecule has 147 heavy (non-hydrogen) atoms. The third kappa shape index (κ3) is 39.3. The van der Waals surface area contributed by atoms with Crippen LogP contribution in [0.15, 0.2) is 506 Å². The Balaban J connectivity index is 0.000000365. The number of anilines is 1. The fourth-order valence-corrected chi connectivity index (χ4v) is 31.9. The van der Waals surface area contributed by atoms with Crippen LogP contribution in [0.25, 0.3) is 0 Å². The quantitative estimate of drug-likeness (QED) is 0.0115. The van der Waals surface area contributed by atoms with Gasteiger partial charge in [0.2, 0.25) is 0 Å². The van der Waals surface area contributed by atoms with Gasteiger partial charge in [-0.1, -0.05) is 365 Å². The molecular weight excluding hydrogens is 2250 g/mol. The summed E-state index contributed by atoms with van der Waals surface area (Å²) < 4.78 is 2.45. The van der Waals surface area contributed by atoms with Gasteiger partial charge in [0.1, 0.15) is 92.8 Å². The Kier molecular flexibility index (Phi) is 58.9. The smallest absolute Gasteiger partial charge is 0.291 e. The van der Waals surface area contributed by atoms with Gasteiger partial charge in [0, 0.05) is 61.4 Å². The van der Waals surface area contributed by atoms with Crippen LogP contribution in [0.2, 0.25) is 19.6 Å².